The lowest BCUT2D eigenvalue weighted by Crippen LogP contribution is -2.34. The van der Waals surface area contributed by atoms with Crippen molar-refractivity contribution in [2.45, 2.75) is 97.2 Å². The van der Waals surface area contributed by atoms with Crippen LogP contribution in [0, 0.1) is 11.6 Å². The number of ketones is 2. The van der Waals surface area contributed by atoms with E-state index in [9.17, 15) is 44.8 Å². The predicted molar refractivity (Wildman–Crippen MR) is 319 cm³/mol. The van der Waals surface area contributed by atoms with Crippen LogP contribution in [-0.2, 0) is 62.8 Å². The Morgan fingerprint density at radius 1 is 0.558 bits per heavy atom. The summed E-state index contributed by atoms with van der Waals surface area (Å²) in [7, 11) is -7.41. The SMILES string of the molecule is CCC(=O)c1c(-c2ccc(F)cc2)oc2cc(N(CCOCCOCCOC(C)C(=O)O)S(C)(=O)=O)c(C3CC3)cc12.CCOC(=O)C(C)OCCOCCOCCN(c1cc2oc(-c3ccc(F)cc3)c(C(=O)CC)c2cc1C1CC1)S(C)(=O)=O. The van der Waals surface area contributed by atoms with Gasteiger partial charge in [0.05, 0.1) is 121 Å². The first kappa shape index (κ1) is 66.9. The first-order valence-electron chi connectivity index (χ1n) is 28.7. The van der Waals surface area contributed by atoms with Crippen LogP contribution in [0.3, 0.4) is 0 Å². The second kappa shape index (κ2) is 30.8. The third-order valence-corrected chi connectivity index (χ3v) is 16.6. The van der Waals surface area contributed by atoms with Gasteiger partial charge in [0.2, 0.25) is 20.0 Å². The summed E-state index contributed by atoms with van der Waals surface area (Å²) < 4.78 is 132. The normalized spacial score (nSPS) is 14.2. The minimum Gasteiger partial charge on any atom is -0.479 e. The molecule has 468 valence electrons. The highest BCUT2D eigenvalue weighted by Crippen LogP contribution is 2.50. The lowest BCUT2D eigenvalue weighted by molar-refractivity contribution is -0.156. The van der Waals surface area contributed by atoms with Crippen LogP contribution < -0.4 is 8.61 Å². The maximum Gasteiger partial charge on any atom is 0.334 e. The molecule has 0 aliphatic heterocycles. The number of fused-ring (bicyclic) bond motifs is 2. The molecule has 20 nitrogen and oxygen atoms in total. The van der Waals surface area contributed by atoms with Crippen LogP contribution in [0.15, 0.2) is 81.6 Å². The van der Waals surface area contributed by atoms with Crippen LogP contribution in [0.1, 0.15) is 117 Å². The Morgan fingerprint density at radius 3 is 1.26 bits per heavy atom. The maximum atomic E-state index is 13.6. The number of hydrogen-bond acceptors (Lipinski definition) is 17. The van der Waals surface area contributed by atoms with E-state index < -0.39 is 55.8 Å². The number of nitrogens with zero attached hydrogens (tertiary/aromatic N) is 2. The zero-order valence-electron chi connectivity index (χ0n) is 49.5. The minimum absolute atomic E-state index is 0.0512. The number of halogens is 2. The number of sulfonamides is 2. The third kappa shape index (κ3) is 18.0. The van der Waals surface area contributed by atoms with E-state index >= 15 is 0 Å². The lowest BCUT2D eigenvalue weighted by Gasteiger charge is -2.25. The third-order valence-electron chi connectivity index (χ3n) is 14.2. The lowest BCUT2D eigenvalue weighted by atomic mass is 9.97. The van der Waals surface area contributed by atoms with Gasteiger partial charge in [0.15, 0.2) is 23.8 Å². The van der Waals surface area contributed by atoms with E-state index in [0.717, 1.165) is 49.3 Å². The van der Waals surface area contributed by atoms with Gasteiger partial charge in [0.1, 0.15) is 34.3 Å². The number of ether oxygens (including phenoxy) is 7. The average Bonchev–Trinajstić information content (AvgIpc) is 1.67. The number of carboxylic acids is 1. The molecule has 2 fully saturated rings. The topological polar surface area (TPSA) is 254 Å². The van der Waals surface area contributed by atoms with Gasteiger partial charge >= 0.3 is 11.9 Å². The van der Waals surface area contributed by atoms with Gasteiger partial charge in [-0.15, -0.1) is 0 Å². The number of Topliss-reactive ketones (excluding diaryl/α,β-unsaturated/α-hetero) is 2. The Labute approximate surface area is 500 Å². The van der Waals surface area contributed by atoms with Gasteiger partial charge in [-0.25, -0.2) is 35.2 Å². The molecule has 2 atom stereocenters. The van der Waals surface area contributed by atoms with Crippen molar-refractivity contribution in [2.75, 3.05) is 107 Å². The Hall–Kier alpha value is -6.64. The summed E-state index contributed by atoms with van der Waals surface area (Å²) in [6, 6.07) is 18.5. The Balaban J connectivity index is 0.000000246. The van der Waals surface area contributed by atoms with E-state index in [4.69, 9.17) is 47.1 Å². The number of anilines is 2. The number of carbonyl (C=O) groups excluding carboxylic acids is 3. The molecule has 86 heavy (non-hydrogen) atoms. The van der Waals surface area contributed by atoms with E-state index in [-0.39, 0.29) is 122 Å². The molecule has 2 unspecified atom stereocenters. The molecule has 24 heteroatoms. The molecule has 2 saturated carbocycles. The van der Waals surface area contributed by atoms with Crippen molar-refractivity contribution in [3.63, 3.8) is 0 Å². The van der Waals surface area contributed by atoms with Crippen molar-refractivity contribution in [1.29, 1.82) is 0 Å². The van der Waals surface area contributed by atoms with Gasteiger partial charge in [0.25, 0.3) is 0 Å². The van der Waals surface area contributed by atoms with E-state index in [2.05, 4.69) is 0 Å². The molecule has 6 aromatic rings. The second-order valence-electron chi connectivity index (χ2n) is 20.8. The summed E-state index contributed by atoms with van der Waals surface area (Å²) in [4.78, 5) is 48.5. The van der Waals surface area contributed by atoms with Crippen LogP contribution in [0.25, 0.3) is 44.6 Å². The van der Waals surface area contributed by atoms with E-state index in [1.54, 1.807) is 64.1 Å². The molecule has 2 aromatic heterocycles. The molecular formula is C62H76F2N2O18S2. The molecule has 0 amide bonds. The standard InChI is InChI=1S/C32H40FNO9S.C30H36FNO9S/c1-5-28(35)30-26-19-25(22-7-8-22)27(20-29(26)43-31(30)23-9-11-24(33)12-10-23)34(44(4,37)38)13-14-39-15-16-40-17-18-42-21(3)32(36)41-6-2;1-4-26(33)28-24-17-23(20-5-6-20)25(18-27(24)41-29(28)21-7-9-22(31)10-8-21)32(42(3,36)37)11-12-38-13-14-39-15-16-40-19(2)30(34)35/h9-12,19-22H,5-8,13-18H2,1-4H3;7-10,17-20H,4-6,11-16H2,1-3H3,(H,34,35). The summed E-state index contributed by atoms with van der Waals surface area (Å²) in [5.74, 6) is -1.55. The van der Waals surface area contributed by atoms with Crippen LogP contribution >= 0.6 is 0 Å². The van der Waals surface area contributed by atoms with Crippen molar-refractivity contribution in [1.82, 2.24) is 0 Å². The number of carbonyl (C=O) groups is 4. The molecule has 2 aliphatic rings. The van der Waals surface area contributed by atoms with Crippen LogP contribution in [0.5, 0.6) is 0 Å². The molecule has 2 aliphatic carbocycles. The minimum atomic E-state index is -3.71. The maximum absolute atomic E-state index is 13.6. The van der Waals surface area contributed by atoms with E-state index in [1.807, 2.05) is 12.1 Å². The highest BCUT2D eigenvalue weighted by Gasteiger charge is 2.35. The molecule has 8 rings (SSSR count). The average molecular weight is 1240 g/mol. The fraction of sp³-hybridized carbons (Fsp3) is 0.484. The first-order chi connectivity index (χ1) is 41.1. The molecule has 1 N–H and O–H groups in total. The van der Waals surface area contributed by atoms with E-state index in [1.165, 1.54) is 39.8 Å². The fourth-order valence-corrected chi connectivity index (χ4v) is 11.4. The highest BCUT2D eigenvalue weighted by molar-refractivity contribution is 7.92. The molecule has 4 aromatic carbocycles. The van der Waals surface area contributed by atoms with Crippen molar-refractivity contribution in [3.8, 4) is 22.6 Å². The number of carboxylic acid groups (broad SMARTS) is 1. The van der Waals surface area contributed by atoms with Crippen molar-refractivity contribution in [3.05, 3.63) is 107 Å². The summed E-state index contributed by atoms with van der Waals surface area (Å²) >= 11 is 0. The van der Waals surface area contributed by atoms with Crippen molar-refractivity contribution in [2.24, 2.45) is 0 Å². The summed E-state index contributed by atoms with van der Waals surface area (Å²) in [5, 5.41) is 10.0. The number of aliphatic carboxylic acids is 1. The smallest absolute Gasteiger partial charge is 0.334 e. The Kier molecular flexibility index (Phi) is 24.0. The molecule has 0 bridgehead atoms. The number of hydrogen-bond donors (Lipinski definition) is 1. The second-order valence-corrected chi connectivity index (χ2v) is 24.6. The predicted octanol–water partition coefficient (Wildman–Crippen LogP) is 10.5. The molecular weight excluding hydrogens is 1160 g/mol. The largest absolute Gasteiger partial charge is 0.479 e. The number of esters is 1. The Bertz CT molecular complexity index is 3520. The molecule has 0 saturated heterocycles. The van der Waals surface area contributed by atoms with Gasteiger partial charge in [-0.3, -0.25) is 18.2 Å². The van der Waals surface area contributed by atoms with Gasteiger partial charge in [-0.1, -0.05) is 13.8 Å². The van der Waals surface area contributed by atoms with Crippen LogP contribution in [0.4, 0.5) is 20.2 Å². The van der Waals surface area contributed by atoms with Gasteiger partial charge < -0.3 is 47.1 Å². The molecule has 0 spiro atoms. The zero-order chi connectivity index (χ0) is 62.3. The summed E-state index contributed by atoms with van der Waals surface area (Å²) in [6.45, 7) is 10.7. The monoisotopic (exact) mass is 1240 g/mol. The van der Waals surface area contributed by atoms with E-state index in [0.29, 0.717) is 67.1 Å². The van der Waals surface area contributed by atoms with Gasteiger partial charge in [-0.2, -0.15) is 0 Å². The number of rotatable bonds is 35. The summed E-state index contributed by atoms with van der Waals surface area (Å²) in [5.41, 5.74) is 5.31. The highest BCUT2D eigenvalue weighted by atomic mass is 32.2. The van der Waals surface area contributed by atoms with Gasteiger partial charge in [-0.05, 0) is 130 Å². The van der Waals surface area contributed by atoms with Crippen LogP contribution in [-0.4, -0.2) is 156 Å². The van der Waals surface area contributed by atoms with Crippen LogP contribution in [0.2, 0.25) is 0 Å². The fourth-order valence-electron chi connectivity index (χ4n) is 9.52. The molecule has 2 heterocycles. The zero-order valence-corrected chi connectivity index (χ0v) is 51.2. The number of furan rings is 2. The van der Waals surface area contributed by atoms with Gasteiger partial charge in [0, 0.05) is 46.9 Å². The number of benzene rings is 4. The molecule has 0 radical (unpaired) electrons. The van der Waals surface area contributed by atoms with Crippen molar-refractivity contribution >= 4 is 76.9 Å². The first-order valence-corrected chi connectivity index (χ1v) is 32.4. The Morgan fingerprint density at radius 2 is 0.919 bits per heavy atom. The quantitative estimate of drug-likeness (QED) is 0.0220. The van der Waals surface area contributed by atoms with Crippen molar-refractivity contribution < 1.29 is 91.9 Å². The summed E-state index contributed by atoms with van der Waals surface area (Å²) in [6.07, 6.45) is 4.80.